The maximum atomic E-state index is 12.8. The standard InChI is InChI=1S/C26H33F3N2O2/c1-30-17-21-16-18(4-3-15-32)5-14-24(21)19-8-12-23(13-9-19)31(2)25(33)20-6-10-22(11-7-20)26(27,28)29/h5-7,10-11,14,16,19,23,30,32H,3-4,8-9,12-13,15,17H2,1-2H3/t19-,23-. The van der Waals surface area contributed by atoms with Crippen LogP contribution in [0.25, 0.3) is 0 Å². The number of benzene rings is 2. The lowest BCUT2D eigenvalue weighted by molar-refractivity contribution is -0.137. The Morgan fingerprint density at radius 2 is 1.76 bits per heavy atom. The van der Waals surface area contributed by atoms with Gasteiger partial charge < -0.3 is 15.3 Å². The Morgan fingerprint density at radius 3 is 2.33 bits per heavy atom. The molecule has 1 fully saturated rings. The van der Waals surface area contributed by atoms with Gasteiger partial charge in [-0.2, -0.15) is 13.2 Å². The molecule has 3 rings (SSSR count). The Morgan fingerprint density at radius 1 is 1.09 bits per heavy atom. The first kappa shape index (κ1) is 25.2. The van der Waals surface area contributed by atoms with Gasteiger partial charge >= 0.3 is 6.18 Å². The lowest BCUT2D eigenvalue weighted by Crippen LogP contribution is -2.39. The smallest absolute Gasteiger partial charge is 0.396 e. The molecular formula is C26H33F3N2O2. The van der Waals surface area contributed by atoms with Gasteiger partial charge in [-0.1, -0.05) is 18.2 Å². The van der Waals surface area contributed by atoms with Gasteiger partial charge in [0.2, 0.25) is 0 Å². The predicted molar refractivity (Wildman–Crippen MR) is 123 cm³/mol. The van der Waals surface area contributed by atoms with Gasteiger partial charge in [0.1, 0.15) is 0 Å². The maximum Gasteiger partial charge on any atom is 0.416 e. The summed E-state index contributed by atoms with van der Waals surface area (Å²) in [6.45, 7) is 0.973. The highest BCUT2D eigenvalue weighted by molar-refractivity contribution is 5.94. The van der Waals surface area contributed by atoms with Gasteiger partial charge in [0, 0.05) is 31.8 Å². The van der Waals surface area contributed by atoms with E-state index in [1.165, 1.54) is 28.8 Å². The largest absolute Gasteiger partial charge is 0.416 e. The fraction of sp³-hybridized carbons (Fsp3) is 0.500. The average Bonchev–Trinajstić information content (AvgIpc) is 2.82. The summed E-state index contributed by atoms with van der Waals surface area (Å²) in [5.74, 6) is 0.183. The van der Waals surface area contributed by atoms with E-state index in [-0.39, 0.29) is 24.1 Å². The molecule has 1 amide bonds. The highest BCUT2D eigenvalue weighted by Gasteiger charge is 2.31. The quantitative estimate of drug-likeness (QED) is 0.571. The van der Waals surface area contributed by atoms with Crippen LogP contribution in [0.2, 0.25) is 0 Å². The van der Waals surface area contributed by atoms with Gasteiger partial charge in [-0.05, 0) is 92.4 Å². The lowest BCUT2D eigenvalue weighted by atomic mass is 9.79. The minimum absolute atomic E-state index is 0.0765. The van der Waals surface area contributed by atoms with Gasteiger partial charge in [-0.3, -0.25) is 4.79 Å². The Kier molecular flexibility index (Phi) is 8.54. The zero-order valence-electron chi connectivity index (χ0n) is 19.3. The van der Waals surface area contributed by atoms with Crippen LogP contribution >= 0.6 is 0 Å². The summed E-state index contributed by atoms with van der Waals surface area (Å²) in [5.41, 5.74) is 3.39. The van der Waals surface area contributed by atoms with Crippen molar-refractivity contribution >= 4 is 5.91 Å². The maximum absolute atomic E-state index is 12.8. The van der Waals surface area contributed by atoms with E-state index in [0.29, 0.717) is 5.92 Å². The first-order chi connectivity index (χ1) is 15.7. The predicted octanol–water partition coefficient (Wildman–Crippen LogP) is 5.15. The van der Waals surface area contributed by atoms with Crippen LogP contribution in [0.1, 0.15) is 70.6 Å². The van der Waals surface area contributed by atoms with E-state index >= 15 is 0 Å². The first-order valence-corrected chi connectivity index (χ1v) is 11.6. The minimum atomic E-state index is -4.41. The van der Waals surface area contributed by atoms with Crippen LogP contribution in [0.3, 0.4) is 0 Å². The Labute approximate surface area is 193 Å². The molecule has 2 aromatic carbocycles. The second kappa shape index (κ2) is 11.2. The number of alkyl halides is 3. The molecule has 0 atom stereocenters. The topological polar surface area (TPSA) is 52.6 Å². The molecule has 7 heteroatoms. The molecule has 1 aliphatic carbocycles. The number of hydrogen-bond donors (Lipinski definition) is 2. The number of carbonyl (C=O) groups excluding carboxylic acids is 1. The number of nitrogens with one attached hydrogen (secondary N) is 1. The van der Waals surface area contributed by atoms with E-state index in [0.717, 1.165) is 57.2 Å². The number of carbonyl (C=O) groups is 1. The highest BCUT2D eigenvalue weighted by atomic mass is 19.4. The van der Waals surface area contributed by atoms with Crippen molar-refractivity contribution < 1.29 is 23.1 Å². The Bertz CT molecular complexity index is 920. The van der Waals surface area contributed by atoms with Crippen LogP contribution in [0.15, 0.2) is 42.5 Å². The van der Waals surface area contributed by atoms with Crippen LogP contribution in [0.4, 0.5) is 13.2 Å². The molecule has 4 nitrogen and oxygen atoms in total. The summed E-state index contributed by atoms with van der Waals surface area (Å²) in [6, 6.07) is 11.1. The second-order valence-corrected chi connectivity index (χ2v) is 8.89. The highest BCUT2D eigenvalue weighted by Crippen LogP contribution is 2.37. The lowest BCUT2D eigenvalue weighted by Gasteiger charge is -2.35. The molecule has 0 unspecified atom stereocenters. The SMILES string of the molecule is CNCc1cc(CCCO)ccc1[C@H]1CC[C@H](N(C)C(=O)c2ccc(C(F)(F)F)cc2)CC1. The van der Waals surface area contributed by atoms with E-state index < -0.39 is 11.7 Å². The molecule has 2 N–H and O–H groups in total. The van der Waals surface area contributed by atoms with E-state index in [2.05, 4.69) is 23.5 Å². The number of rotatable bonds is 8. The van der Waals surface area contributed by atoms with E-state index in [1.54, 1.807) is 11.9 Å². The number of aryl methyl sites for hydroxylation is 1. The molecule has 0 radical (unpaired) electrons. The van der Waals surface area contributed by atoms with Crippen LogP contribution in [-0.4, -0.2) is 42.7 Å². The fourth-order valence-corrected chi connectivity index (χ4v) is 4.78. The van der Waals surface area contributed by atoms with Crippen molar-refractivity contribution in [2.24, 2.45) is 0 Å². The van der Waals surface area contributed by atoms with E-state index in [4.69, 9.17) is 5.11 Å². The van der Waals surface area contributed by atoms with Crippen molar-refractivity contribution in [3.05, 3.63) is 70.3 Å². The summed E-state index contributed by atoms with van der Waals surface area (Å²) >= 11 is 0. The molecule has 0 spiro atoms. The van der Waals surface area contributed by atoms with Crippen LogP contribution in [0, 0.1) is 0 Å². The molecule has 0 aliphatic heterocycles. The number of amides is 1. The van der Waals surface area contributed by atoms with Crippen molar-refractivity contribution in [2.75, 3.05) is 20.7 Å². The normalized spacial score (nSPS) is 18.8. The summed E-state index contributed by atoms with van der Waals surface area (Å²) in [4.78, 5) is 14.5. The first-order valence-electron chi connectivity index (χ1n) is 11.6. The summed E-state index contributed by atoms with van der Waals surface area (Å²) in [5, 5.41) is 12.3. The summed E-state index contributed by atoms with van der Waals surface area (Å²) in [6.07, 6.45) is 0.844. The molecule has 0 aromatic heterocycles. The molecule has 2 aromatic rings. The molecule has 1 aliphatic rings. The zero-order valence-corrected chi connectivity index (χ0v) is 19.3. The third kappa shape index (κ3) is 6.36. The van der Waals surface area contributed by atoms with Gasteiger partial charge in [0.25, 0.3) is 5.91 Å². The van der Waals surface area contributed by atoms with Crippen LogP contribution < -0.4 is 5.32 Å². The number of aliphatic hydroxyl groups excluding tert-OH is 1. The fourth-order valence-electron chi connectivity index (χ4n) is 4.78. The van der Waals surface area contributed by atoms with Crippen LogP contribution in [-0.2, 0) is 19.1 Å². The zero-order chi connectivity index (χ0) is 24.0. The van der Waals surface area contributed by atoms with Gasteiger partial charge in [0.15, 0.2) is 0 Å². The van der Waals surface area contributed by atoms with Crippen LogP contribution in [0.5, 0.6) is 0 Å². The number of halogens is 3. The number of nitrogens with zero attached hydrogens (tertiary/aromatic N) is 1. The van der Waals surface area contributed by atoms with E-state index in [9.17, 15) is 18.0 Å². The average molecular weight is 463 g/mol. The summed E-state index contributed by atoms with van der Waals surface area (Å²) in [7, 11) is 3.68. The summed E-state index contributed by atoms with van der Waals surface area (Å²) < 4.78 is 38.4. The van der Waals surface area contributed by atoms with Crippen molar-refractivity contribution in [1.82, 2.24) is 10.2 Å². The third-order valence-corrected chi connectivity index (χ3v) is 6.66. The van der Waals surface area contributed by atoms with Crippen molar-refractivity contribution in [1.29, 1.82) is 0 Å². The van der Waals surface area contributed by atoms with Crippen molar-refractivity contribution in [3.63, 3.8) is 0 Å². The molecular weight excluding hydrogens is 429 g/mol. The molecule has 33 heavy (non-hydrogen) atoms. The van der Waals surface area contributed by atoms with Gasteiger partial charge in [-0.15, -0.1) is 0 Å². The van der Waals surface area contributed by atoms with Gasteiger partial charge in [0.05, 0.1) is 5.56 Å². The molecule has 0 bridgehead atoms. The molecule has 1 saturated carbocycles. The van der Waals surface area contributed by atoms with Gasteiger partial charge in [-0.25, -0.2) is 0 Å². The Hall–Kier alpha value is -2.38. The number of aliphatic hydroxyl groups is 1. The monoisotopic (exact) mass is 462 g/mol. The number of hydrogen-bond acceptors (Lipinski definition) is 3. The molecule has 0 saturated heterocycles. The van der Waals surface area contributed by atoms with E-state index in [1.807, 2.05) is 7.05 Å². The Balaban J connectivity index is 1.63. The third-order valence-electron chi connectivity index (χ3n) is 6.66. The molecule has 0 heterocycles. The van der Waals surface area contributed by atoms with Crippen molar-refractivity contribution in [3.8, 4) is 0 Å². The minimum Gasteiger partial charge on any atom is -0.396 e. The molecule has 180 valence electrons. The van der Waals surface area contributed by atoms with Crippen molar-refractivity contribution in [2.45, 2.75) is 63.2 Å². The second-order valence-electron chi connectivity index (χ2n) is 8.89.